The van der Waals surface area contributed by atoms with Gasteiger partial charge in [-0.15, -0.1) is 0 Å². The van der Waals surface area contributed by atoms with Crippen LogP contribution in [0.2, 0.25) is 0 Å². The molecule has 0 bridgehead atoms. The monoisotopic (exact) mass is 538 g/mol. The highest BCUT2D eigenvalue weighted by Gasteiger charge is 2.53. The average Bonchev–Trinajstić information content (AvgIpc) is 3.31. The molecule has 2 aliphatic heterocycles. The summed E-state index contributed by atoms with van der Waals surface area (Å²) in [4.78, 5) is 17.8. The van der Waals surface area contributed by atoms with Crippen molar-refractivity contribution in [1.29, 1.82) is 0 Å². The van der Waals surface area contributed by atoms with Crippen LogP contribution in [0.4, 0.5) is 17.1 Å². The first-order valence-corrected chi connectivity index (χ1v) is 14.0. The Hall–Kier alpha value is -5.03. The number of carbonyl (C=O) groups excluding carboxylic acids is 1. The van der Waals surface area contributed by atoms with Gasteiger partial charge in [-0.2, -0.15) is 0 Å². The van der Waals surface area contributed by atoms with Crippen LogP contribution in [0, 0.1) is 6.92 Å². The molecule has 7 rings (SSSR count). The lowest BCUT2D eigenvalue weighted by molar-refractivity contribution is 0.0224. The molecule has 0 amide bonds. The zero-order chi connectivity index (χ0) is 28.0. The molecule has 0 aromatic heterocycles. The van der Waals surface area contributed by atoms with Gasteiger partial charge in [-0.1, -0.05) is 72.3 Å². The predicted octanol–water partition coefficient (Wildman–Crippen LogP) is 8.19. The van der Waals surface area contributed by atoms with E-state index in [4.69, 9.17) is 9.47 Å². The van der Waals surface area contributed by atoms with E-state index in [1.165, 1.54) is 5.56 Å². The summed E-state index contributed by atoms with van der Waals surface area (Å²) in [5, 5.41) is 0. The fraction of sp³-hybridized carbons (Fsp3) is 0.139. The molecule has 1 spiro atoms. The largest absolute Gasteiger partial charge is 0.456 e. The van der Waals surface area contributed by atoms with Gasteiger partial charge >= 0.3 is 5.97 Å². The number of hydrogen-bond acceptors (Lipinski definition) is 5. The maximum absolute atomic E-state index is 13.2. The molecule has 202 valence electrons. The lowest BCUT2D eigenvalue weighted by Crippen LogP contribution is -2.36. The van der Waals surface area contributed by atoms with Gasteiger partial charge in [-0.05, 0) is 62.4 Å². The molecular formula is C36H30N2O3. The molecule has 2 heterocycles. The first-order valence-electron chi connectivity index (χ1n) is 14.0. The third kappa shape index (κ3) is 4.04. The number of para-hydroxylation sites is 2. The first-order chi connectivity index (χ1) is 20.1. The number of fused-ring (bicyclic) bond motifs is 6. The van der Waals surface area contributed by atoms with Crippen molar-refractivity contribution in [3.63, 3.8) is 0 Å². The molecule has 5 aromatic carbocycles. The van der Waals surface area contributed by atoms with Crippen molar-refractivity contribution < 1.29 is 14.3 Å². The van der Waals surface area contributed by atoms with Gasteiger partial charge < -0.3 is 19.3 Å². The molecule has 1 unspecified atom stereocenters. The fourth-order valence-corrected chi connectivity index (χ4v) is 5.99. The van der Waals surface area contributed by atoms with Crippen LogP contribution in [0.25, 0.3) is 0 Å². The zero-order valence-corrected chi connectivity index (χ0v) is 23.1. The van der Waals surface area contributed by atoms with E-state index in [2.05, 4.69) is 84.3 Å². The van der Waals surface area contributed by atoms with Crippen molar-refractivity contribution in [2.24, 2.45) is 0 Å². The maximum Gasteiger partial charge on any atom is 0.340 e. The van der Waals surface area contributed by atoms with Crippen LogP contribution in [0.15, 0.2) is 121 Å². The number of anilines is 3. The average molecular weight is 539 g/mol. The number of hydrogen-bond donors (Lipinski definition) is 0. The van der Waals surface area contributed by atoms with E-state index >= 15 is 0 Å². The quantitative estimate of drug-likeness (QED) is 0.161. The number of esters is 1. The van der Waals surface area contributed by atoms with Gasteiger partial charge in [0.2, 0.25) is 0 Å². The molecule has 0 saturated heterocycles. The molecule has 0 radical (unpaired) electrons. The van der Waals surface area contributed by atoms with E-state index in [0.717, 1.165) is 40.3 Å². The number of carbonyl (C=O) groups is 1. The van der Waals surface area contributed by atoms with Crippen LogP contribution in [-0.2, 0) is 10.3 Å². The molecular weight excluding hydrogens is 508 g/mol. The third-order valence-electron chi connectivity index (χ3n) is 8.08. The molecule has 0 N–H and O–H groups in total. The molecule has 0 fully saturated rings. The second-order valence-corrected chi connectivity index (χ2v) is 10.5. The second kappa shape index (κ2) is 9.86. The smallest absolute Gasteiger partial charge is 0.340 e. The number of rotatable bonds is 6. The predicted molar refractivity (Wildman–Crippen MR) is 162 cm³/mol. The number of benzene rings is 5. The standard InChI is InChI=1S/C36H30N2O3/c1-3-37(26-19-17-25(2)18-20-26)24-38(27-11-5-4-6-12-27)28-21-22-32-34(23-28)40-33-16-10-9-15-31(33)36(32)30-14-8-7-13-29(30)35(39)41-36/h4-23H,3,24H2,1-2H3. The van der Waals surface area contributed by atoms with Crippen LogP contribution in [0.5, 0.6) is 11.5 Å². The van der Waals surface area contributed by atoms with Gasteiger partial charge in [0.1, 0.15) is 11.5 Å². The molecule has 2 aliphatic rings. The third-order valence-corrected chi connectivity index (χ3v) is 8.08. The van der Waals surface area contributed by atoms with Gasteiger partial charge in [-0.3, -0.25) is 0 Å². The van der Waals surface area contributed by atoms with E-state index in [0.29, 0.717) is 23.7 Å². The van der Waals surface area contributed by atoms with Crippen molar-refractivity contribution in [2.75, 3.05) is 23.0 Å². The Morgan fingerprint density at radius 3 is 2.10 bits per heavy atom. The highest BCUT2D eigenvalue weighted by atomic mass is 16.6. The number of ether oxygens (including phenoxy) is 2. The lowest BCUT2D eigenvalue weighted by atomic mass is 9.77. The van der Waals surface area contributed by atoms with E-state index in [-0.39, 0.29) is 5.97 Å². The summed E-state index contributed by atoms with van der Waals surface area (Å²) in [6.45, 7) is 5.76. The minimum Gasteiger partial charge on any atom is -0.456 e. The van der Waals surface area contributed by atoms with Crippen molar-refractivity contribution >= 4 is 23.0 Å². The summed E-state index contributed by atoms with van der Waals surface area (Å²) in [7, 11) is 0. The Balaban J connectivity index is 1.36. The normalized spacial score (nSPS) is 16.3. The Morgan fingerprint density at radius 2 is 1.32 bits per heavy atom. The molecule has 5 aromatic rings. The van der Waals surface area contributed by atoms with Gasteiger partial charge in [0.25, 0.3) is 0 Å². The van der Waals surface area contributed by atoms with Crippen molar-refractivity contribution in [2.45, 2.75) is 19.4 Å². The number of nitrogens with zero attached hydrogens (tertiary/aromatic N) is 2. The molecule has 5 heteroatoms. The Morgan fingerprint density at radius 1 is 0.659 bits per heavy atom. The van der Waals surface area contributed by atoms with E-state index in [1.807, 2.05) is 60.7 Å². The van der Waals surface area contributed by atoms with E-state index in [9.17, 15) is 4.79 Å². The zero-order valence-electron chi connectivity index (χ0n) is 23.1. The Bertz CT molecular complexity index is 1750. The van der Waals surface area contributed by atoms with Crippen molar-refractivity contribution in [3.05, 3.63) is 149 Å². The van der Waals surface area contributed by atoms with Crippen LogP contribution in [0.3, 0.4) is 0 Å². The molecule has 41 heavy (non-hydrogen) atoms. The minimum atomic E-state index is -1.06. The fourth-order valence-electron chi connectivity index (χ4n) is 5.99. The Kier molecular flexibility index (Phi) is 6.01. The van der Waals surface area contributed by atoms with Gasteiger partial charge in [0.05, 0.1) is 12.2 Å². The Labute approximate surface area is 240 Å². The van der Waals surface area contributed by atoms with Gasteiger partial charge in [-0.25, -0.2) is 4.79 Å². The highest BCUT2D eigenvalue weighted by Crippen LogP contribution is 2.56. The summed E-state index contributed by atoms with van der Waals surface area (Å²) in [5.74, 6) is 1.03. The molecule has 5 nitrogen and oxygen atoms in total. The molecule has 1 atom stereocenters. The summed E-state index contributed by atoms with van der Waals surface area (Å²) in [5.41, 5.74) is 6.45. The van der Waals surface area contributed by atoms with E-state index in [1.54, 1.807) is 0 Å². The first kappa shape index (κ1) is 25.0. The summed E-state index contributed by atoms with van der Waals surface area (Å²) < 4.78 is 12.8. The van der Waals surface area contributed by atoms with Gasteiger partial charge in [0.15, 0.2) is 5.60 Å². The van der Waals surface area contributed by atoms with Gasteiger partial charge in [0, 0.05) is 46.4 Å². The maximum atomic E-state index is 13.2. The second-order valence-electron chi connectivity index (χ2n) is 10.5. The van der Waals surface area contributed by atoms with Crippen molar-refractivity contribution in [1.82, 2.24) is 0 Å². The molecule has 0 aliphatic carbocycles. The van der Waals surface area contributed by atoms with Crippen molar-refractivity contribution in [3.8, 4) is 11.5 Å². The minimum absolute atomic E-state index is 0.324. The molecule has 0 saturated carbocycles. The van der Waals surface area contributed by atoms with Crippen LogP contribution >= 0.6 is 0 Å². The topological polar surface area (TPSA) is 42.0 Å². The summed E-state index contributed by atoms with van der Waals surface area (Å²) in [6.07, 6.45) is 0. The summed E-state index contributed by atoms with van der Waals surface area (Å²) in [6, 6.07) is 40.7. The van der Waals surface area contributed by atoms with Crippen LogP contribution < -0.4 is 14.5 Å². The number of aryl methyl sites for hydroxylation is 1. The van der Waals surface area contributed by atoms with Crippen LogP contribution in [0.1, 0.15) is 39.5 Å². The van der Waals surface area contributed by atoms with Crippen LogP contribution in [-0.4, -0.2) is 19.2 Å². The summed E-state index contributed by atoms with van der Waals surface area (Å²) >= 11 is 0. The SMILES string of the molecule is CCN(CN(c1ccccc1)c1ccc2c(c1)Oc1ccccc1C21OC(=O)c2ccccc21)c1ccc(C)cc1. The lowest BCUT2D eigenvalue weighted by Gasteiger charge is -2.38. The van der Waals surface area contributed by atoms with E-state index < -0.39 is 5.60 Å². The highest BCUT2D eigenvalue weighted by molar-refractivity contribution is 5.97.